The molecule has 0 bridgehead atoms. The number of halogens is 2. The van der Waals surface area contributed by atoms with Crippen molar-refractivity contribution in [2.45, 2.75) is 82.2 Å². The Morgan fingerprint density at radius 2 is 1.93 bits per heavy atom. The normalized spacial score (nSPS) is 27.6. The number of aliphatic hydroxyl groups excluding tert-OH is 1. The number of H-pyrrole nitrogens is 1. The van der Waals surface area contributed by atoms with Gasteiger partial charge in [0.05, 0.1) is 6.61 Å². The van der Waals surface area contributed by atoms with Crippen molar-refractivity contribution < 1.29 is 41.8 Å². The Labute approximate surface area is 228 Å². The predicted molar refractivity (Wildman–Crippen MR) is 137 cm³/mol. The van der Waals surface area contributed by atoms with Crippen LogP contribution in [0.25, 0.3) is 0 Å². The number of benzene rings is 1. The van der Waals surface area contributed by atoms with Crippen LogP contribution >= 0.6 is 7.75 Å². The van der Waals surface area contributed by atoms with Crippen LogP contribution in [0, 0.1) is 5.82 Å². The van der Waals surface area contributed by atoms with Gasteiger partial charge in [-0.2, -0.15) is 5.09 Å². The zero-order chi connectivity index (χ0) is 29.1. The molecule has 4 rings (SSSR count). The molecule has 3 N–H and O–H groups in total. The van der Waals surface area contributed by atoms with Crippen LogP contribution in [-0.2, 0) is 23.4 Å². The molecule has 0 spiro atoms. The van der Waals surface area contributed by atoms with E-state index in [1.165, 1.54) is 19.1 Å². The van der Waals surface area contributed by atoms with Gasteiger partial charge >= 0.3 is 19.4 Å². The fourth-order valence-corrected chi connectivity index (χ4v) is 6.10. The predicted octanol–water partition coefficient (Wildman–Crippen LogP) is 2.72. The molecule has 15 heteroatoms. The summed E-state index contributed by atoms with van der Waals surface area (Å²) in [7, 11) is -4.45. The van der Waals surface area contributed by atoms with E-state index in [1.807, 2.05) is 4.98 Å². The van der Waals surface area contributed by atoms with Gasteiger partial charge in [-0.25, -0.2) is 18.1 Å². The van der Waals surface area contributed by atoms with E-state index in [1.54, 1.807) is 0 Å². The van der Waals surface area contributed by atoms with Crippen molar-refractivity contribution in [2.24, 2.45) is 0 Å². The van der Waals surface area contributed by atoms with Gasteiger partial charge in [-0.15, -0.1) is 0 Å². The fraction of sp³-hybridized carbons (Fsp3) is 0.560. The zero-order valence-corrected chi connectivity index (χ0v) is 22.9. The number of esters is 1. The molecule has 2 heterocycles. The fourth-order valence-electron chi connectivity index (χ4n) is 4.60. The van der Waals surface area contributed by atoms with Crippen LogP contribution in [0.3, 0.4) is 0 Å². The molecule has 12 nitrogen and oxygen atoms in total. The standard InChI is InChI=1S/C25H32F2N3O9P/c1-15(22(33)37-17-6-4-3-5-7-17)29-40(35,39-18-10-8-16(26)9-11-18)36-14-19-21(32)25(2,27)23(38-19)30-13-12-20(31)28-24(30)34/h8-13,15,17,19,21,23,32H,3-7,14H2,1-2H3,(H,29,35)(H,28,31,34)/t15-,19+,21+,23?,25+,40?/m0/s1. The van der Waals surface area contributed by atoms with Gasteiger partial charge in [0.15, 0.2) is 11.9 Å². The number of hydrogen-bond donors (Lipinski definition) is 3. The molecule has 2 aliphatic rings. The van der Waals surface area contributed by atoms with Crippen molar-refractivity contribution in [3.05, 3.63) is 63.2 Å². The van der Waals surface area contributed by atoms with Crippen LogP contribution in [0.15, 0.2) is 46.1 Å². The lowest BCUT2D eigenvalue weighted by Crippen LogP contribution is -2.44. The van der Waals surface area contributed by atoms with E-state index in [9.17, 15) is 28.4 Å². The third kappa shape index (κ3) is 7.05. The van der Waals surface area contributed by atoms with E-state index < -0.39 is 67.5 Å². The van der Waals surface area contributed by atoms with Gasteiger partial charge < -0.3 is 19.1 Å². The second kappa shape index (κ2) is 12.3. The summed E-state index contributed by atoms with van der Waals surface area (Å²) in [6, 6.07) is 4.32. The SMILES string of the molecule is C[C@H](NP(=O)(OC[C@H]1OC(n2ccc(=O)[nH]c2=O)[C@](C)(F)[C@@H]1O)Oc1ccc(F)cc1)C(=O)OC1CCCCC1. The highest BCUT2D eigenvalue weighted by atomic mass is 31.2. The number of nitrogens with one attached hydrogen (secondary N) is 2. The number of aliphatic hydroxyl groups is 1. The van der Waals surface area contributed by atoms with E-state index in [2.05, 4.69) is 5.09 Å². The Morgan fingerprint density at radius 3 is 2.58 bits per heavy atom. The van der Waals surface area contributed by atoms with E-state index in [0.717, 1.165) is 68.0 Å². The molecule has 40 heavy (non-hydrogen) atoms. The van der Waals surface area contributed by atoms with Crippen molar-refractivity contribution in [2.75, 3.05) is 6.61 Å². The largest absolute Gasteiger partial charge is 0.461 e. The van der Waals surface area contributed by atoms with Crippen LogP contribution in [0.2, 0.25) is 0 Å². The lowest BCUT2D eigenvalue weighted by Gasteiger charge is -2.27. The number of alkyl halides is 1. The number of carbonyl (C=O) groups excluding carboxylic acids is 1. The monoisotopic (exact) mass is 587 g/mol. The van der Waals surface area contributed by atoms with Crippen LogP contribution in [0.4, 0.5) is 8.78 Å². The van der Waals surface area contributed by atoms with Gasteiger partial charge in [0.1, 0.15) is 35.9 Å². The first-order valence-electron chi connectivity index (χ1n) is 12.9. The minimum absolute atomic E-state index is 0.0639. The Morgan fingerprint density at radius 1 is 1.25 bits per heavy atom. The third-order valence-corrected chi connectivity index (χ3v) is 8.45. The minimum atomic E-state index is -4.45. The highest BCUT2D eigenvalue weighted by molar-refractivity contribution is 7.52. The van der Waals surface area contributed by atoms with Crippen molar-refractivity contribution in [3.63, 3.8) is 0 Å². The van der Waals surface area contributed by atoms with Gasteiger partial charge in [-0.1, -0.05) is 6.42 Å². The smallest absolute Gasteiger partial charge is 0.459 e. The lowest BCUT2D eigenvalue weighted by molar-refractivity contribution is -0.152. The Bertz CT molecular complexity index is 1340. The van der Waals surface area contributed by atoms with Crippen LogP contribution in [0.1, 0.15) is 52.2 Å². The summed E-state index contributed by atoms with van der Waals surface area (Å²) in [6.45, 7) is 1.69. The quantitative estimate of drug-likeness (QED) is 0.279. The number of aromatic amines is 1. The molecule has 1 saturated heterocycles. The van der Waals surface area contributed by atoms with Gasteiger partial charge in [0.25, 0.3) is 5.56 Å². The Balaban J connectivity index is 1.49. The van der Waals surface area contributed by atoms with Crippen molar-refractivity contribution in [1.29, 1.82) is 0 Å². The third-order valence-electron chi connectivity index (χ3n) is 6.81. The molecule has 0 radical (unpaired) electrons. The average molecular weight is 588 g/mol. The van der Waals surface area contributed by atoms with Gasteiger partial charge in [0.2, 0.25) is 0 Å². The van der Waals surface area contributed by atoms with Crippen molar-refractivity contribution >= 4 is 13.7 Å². The molecule has 0 amide bonds. The highest BCUT2D eigenvalue weighted by Crippen LogP contribution is 2.47. The molecule has 1 saturated carbocycles. The maximum Gasteiger partial charge on any atom is 0.459 e. The first-order valence-corrected chi connectivity index (χ1v) is 14.4. The molecule has 2 fully saturated rings. The molecular formula is C25H32F2N3O9P. The van der Waals surface area contributed by atoms with E-state index in [0.29, 0.717) is 0 Å². The number of hydrogen-bond acceptors (Lipinski definition) is 9. The first kappa shape index (κ1) is 30.1. The van der Waals surface area contributed by atoms with Crippen LogP contribution in [0.5, 0.6) is 5.75 Å². The second-order valence-corrected chi connectivity index (χ2v) is 11.7. The maximum atomic E-state index is 15.5. The first-order chi connectivity index (χ1) is 18.9. The zero-order valence-electron chi connectivity index (χ0n) is 22.0. The topological polar surface area (TPSA) is 158 Å². The summed E-state index contributed by atoms with van der Waals surface area (Å²) < 4.78 is 65.5. The van der Waals surface area contributed by atoms with E-state index in [-0.39, 0.29) is 11.9 Å². The summed E-state index contributed by atoms with van der Waals surface area (Å²) in [4.78, 5) is 38.3. The minimum Gasteiger partial charge on any atom is -0.461 e. The summed E-state index contributed by atoms with van der Waals surface area (Å²) >= 11 is 0. The molecule has 2 unspecified atom stereocenters. The van der Waals surface area contributed by atoms with E-state index >= 15 is 4.39 Å². The second-order valence-electron chi connectivity index (χ2n) is 10.0. The molecule has 6 atom stereocenters. The molecule has 2 aromatic rings. The lowest BCUT2D eigenvalue weighted by atomic mass is 9.98. The number of rotatable bonds is 10. The molecule has 1 aromatic heterocycles. The summed E-state index contributed by atoms with van der Waals surface area (Å²) in [5.74, 6) is -1.33. The van der Waals surface area contributed by atoms with Crippen molar-refractivity contribution in [3.8, 4) is 5.75 Å². The summed E-state index contributed by atoms with van der Waals surface area (Å²) in [6.07, 6.45) is 0.145. The average Bonchev–Trinajstić information content (AvgIpc) is 3.13. The van der Waals surface area contributed by atoms with Crippen LogP contribution < -0.4 is 20.9 Å². The van der Waals surface area contributed by atoms with Crippen LogP contribution in [-0.4, -0.2) is 57.3 Å². The summed E-state index contributed by atoms with van der Waals surface area (Å²) in [5, 5.41) is 13.1. The molecular weight excluding hydrogens is 555 g/mol. The Hall–Kier alpha value is -2.90. The van der Waals surface area contributed by atoms with Crippen molar-refractivity contribution in [1.82, 2.24) is 14.6 Å². The number of carbonyl (C=O) groups is 1. The van der Waals surface area contributed by atoms with E-state index in [4.69, 9.17) is 18.5 Å². The van der Waals surface area contributed by atoms with Gasteiger partial charge in [0, 0.05) is 12.3 Å². The number of aromatic nitrogens is 2. The molecule has 220 valence electrons. The Kier molecular flexibility index (Phi) is 9.26. The molecule has 1 aliphatic carbocycles. The van der Waals surface area contributed by atoms with Gasteiger partial charge in [-0.3, -0.25) is 23.7 Å². The molecule has 1 aliphatic heterocycles. The highest BCUT2D eigenvalue weighted by Gasteiger charge is 2.56. The maximum absolute atomic E-state index is 15.5. The number of nitrogens with zero attached hydrogens (tertiary/aromatic N) is 1. The molecule has 1 aromatic carbocycles. The van der Waals surface area contributed by atoms with Gasteiger partial charge in [-0.05, 0) is 63.8 Å². The number of ether oxygens (including phenoxy) is 2. The summed E-state index contributed by atoms with van der Waals surface area (Å²) in [5.41, 5.74) is -4.20.